The highest BCUT2D eigenvalue weighted by Gasteiger charge is 2.07. The van der Waals surface area contributed by atoms with E-state index in [9.17, 15) is 8.78 Å². The lowest BCUT2D eigenvalue weighted by Crippen LogP contribution is -1.85. The molecule has 1 heterocycles. The van der Waals surface area contributed by atoms with Crippen molar-refractivity contribution in [3.05, 3.63) is 41.7 Å². The van der Waals surface area contributed by atoms with Crippen molar-refractivity contribution in [2.24, 2.45) is 0 Å². The summed E-state index contributed by atoms with van der Waals surface area (Å²) in [5.74, 6) is -1.68. The average Bonchev–Trinajstić information content (AvgIpc) is 2.57. The van der Waals surface area contributed by atoms with Crippen LogP contribution in [0.3, 0.4) is 0 Å². The monoisotopic (exact) mass is 194 g/mol. The molecule has 14 heavy (non-hydrogen) atoms. The van der Waals surface area contributed by atoms with Crippen molar-refractivity contribution in [1.82, 2.24) is 10.2 Å². The van der Waals surface area contributed by atoms with Crippen molar-refractivity contribution < 1.29 is 8.78 Å². The molecule has 0 radical (unpaired) electrons. The van der Waals surface area contributed by atoms with Crippen LogP contribution in [0.1, 0.15) is 5.69 Å². The van der Waals surface area contributed by atoms with Gasteiger partial charge >= 0.3 is 0 Å². The lowest BCUT2D eigenvalue weighted by molar-refractivity contribution is 0.509. The van der Waals surface area contributed by atoms with Gasteiger partial charge in [-0.05, 0) is 24.6 Å². The Labute approximate surface area is 79.6 Å². The zero-order chi connectivity index (χ0) is 10.1. The fraction of sp³-hybridized carbons (Fsp3) is 0.100. The SMILES string of the molecule is Cc1[nH]ncc1-c1ccc(F)c(F)c1. The minimum Gasteiger partial charge on any atom is -0.282 e. The number of hydrogen-bond donors (Lipinski definition) is 1. The minimum absolute atomic E-state index is 0.621. The molecule has 0 atom stereocenters. The van der Waals surface area contributed by atoms with Gasteiger partial charge in [-0.2, -0.15) is 5.10 Å². The highest BCUT2D eigenvalue weighted by Crippen LogP contribution is 2.22. The lowest BCUT2D eigenvalue weighted by atomic mass is 10.1. The van der Waals surface area contributed by atoms with Crippen LogP contribution in [0, 0.1) is 18.6 Å². The Balaban J connectivity index is 2.53. The fourth-order valence-corrected chi connectivity index (χ4v) is 1.31. The number of rotatable bonds is 1. The van der Waals surface area contributed by atoms with E-state index >= 15 is 0 Å². The highest BCUT2D eigenvalue weighted by molar-refractivity contribution is 5.64. The van der Waals surface area contributed by atoms with E-state index in [1.807, 2.05) is 6.92 Å². The molecule has 0 saturated carbocycles. The summed E-state index contributed by atoms with van der Waals surface area (Å²) in [6.07, 6.45) is 1.59. The number of H-pyrrole nitrogens is 1. The second kappa shape index (κ2) is 3.21. The lowest BCUT2D eigenvalue weighted by Gasteiger charge is -1.99. The predicted octanol–water partition coefficient (Wildman–Crippen LogP) is 2.66. The summed E-state index contributed by atoms with van der Waals surface area (Å²) in [6, 6.07) is 3.79. The molecule has 0 bridgehead atoms. The maximum atomic E-state index is 12.9. The van der Waals surface area contributed by atoms with Gasteiger partial charge in [0.1, 0.15) is 0 Å². The molecule has 0 spiro atoms. The van der Waals surface area contributed by atoms with Crippen molar-refractivity contribution in [2.45, 2.75) is 6.92 Å². The summed E-state index contributed by atoms with van der Waals surface area (Å²) in [4.78, 5) is 0. The average molecular weight is 194 g/mol. The quantitative estimate of drug-likeness (QED) is 0.742. The van der Waals surface area contributed by atoms with Crippen LogP contribution in [-0.2, 0) is 0 Å². The molecule has 2 nitrogen and oxygen atoms in total. The van der Waals surface area contributed by atoms with Crippen LogP contribution in [0.25, 0.3) is 11.1 Å². The number of benzene rings is 1. The van der Waals surface area contributed by atoms with Crippen molar-refractivity contribution in [3.63, 3.8) is 0 Å². The fourth-order valence-electron chi connectivity index (χ4n) is 1.31. The molecule has 0 aliphatic rings. The van der Waals surface area contributed by atoms with Gasteiger partial charge in [-0.15, -0.1) is 0 Å². The second-order valence-corrected chi connectivity index (χ2v) is 3.04. The first-order chi connectivity index (χ1) is 6.68. The van der Waals surface area contributed by atoms with Gasteiger partial charge in [0.25, 0.3) is 0 Å². The standard InChI is InChI=1S/C10H8F2N2/c1-6-8(5-13-14-6)7-2-3-9(11)10(12)4-7/h2-5H,1H3,(H,13,14). The molecule has 2 rings (SSSR count). The van der Waals surface area contributed by atoms with E-state index in [1.54, 1.807) is 6.20 Å². The number of hydrogen-bond acceptors (Lipinski definition) is 1. The molecule has 0 aliphatic heterocycles. The first-order valence-electron chi connectivity index (χ1n) is 4.14. The van der Waals surface area contributed by atoms with E-state index in [1.165, 1.54) is 6.07 Å². The van der Waals surface area contributed by atoms with Crippen LogP contribution in [0.4, 0.5) is 8.78 Å². The van der Waals surface area contributed by atoms with Crippen molar-refractivity contribution in [2.75, 3.05) is 0 Å². The third kappa shape index (κ3) is 1.39. The minimum atomic E-state index is -0.844. The largest absolute Gasteiger partial charge is 0.282 e. The molecule has 0 saturated heterocycles. The zero-order valence-electron chi connectivity index (χ0n) is 7.51. The van der Waals surface area contributed by atoms with E-state index in [-0.39, 0.29) is 0 Å². The molecule has 2 aromatic rings. The predicted molar refractivity (Wildman–Crippen MR) is 48.7 cm³/mol. The molecule has 1 N–H and O–H groups in total. The van der Waals surface area contributed by atoms with E-state index in [4.69, 9.17) is 0 Å². The molecular formula is C10H8F2N2. The number of halogens is 2. The van der Waals surface area contributed by atoms with Gasteiger partial charge in [0.15, 0.2) is 11.6 Å². The number of aromatic nitrogens is 2. The van der Waals surface area contributed by atoms with Gasteiger partial charge < -0.3 is 0 Å². The molecule has 1 aromatic carbocycles. The molecular weight excluding hydrogens is 186 g/mol. The Morgan fingerprint density at radius 3 is 2.57 bits per heavy atom. The molecule has 0 fully saturated rings. The Hall–Kier alpha value is -1.71. The summed E-state index contributed by atoms with van der Waals surface area (Å²) in [5, 5.41) is 6.54. The molecule has 4 heteroatoms. The highest BCUT2D eigenvalue weighted by atomic mass is 19.2. The molecule has 0 aliphatic carbocycles. The van der Waals surface area contributed by atoms with Gasteiger partial charge in [0.2, 0.25) is 0 Å². The zero-order valence-corrected chi connectivity index (χ0v) is 7.51. The first kappa shape index (κ1) is 8.87. The van der Waals surface area contributed by atoms with Gasteiger partial charge in [0.05, 0.1) is 6.20 Å². The smallest absolute Gasteiger partial charge is 0.159 e. The summed E-state index contributed by atoms with van der Waals surface area (Å²) < 4.78 is 25.5. The molecule has 1 aromatic heterocycles. The van der Waals surface area contributed by atoms with Crippen LogP contribution in [-0.4, -0.2) is 10.2 Å². The van der Waals surface area contributed by atoms with Gasteiger partial charge in [-0.25, -0.2) is 8.78 Å². The maximum absolute atomic E-state index is 12.9. The number of nitrogens with zero attached hydrogens (tertiary/aromatic N) is 1. The Morgan fingerprint density at radius 2 is 2.00 bits per heavy atom. The van der Waals surface area contributed by atoms with Gasteiger partial charge in [-0.3, -0.25) is 5.10 Å². The van der Waals surface area contributed by atoms with Crippen molar-refractivity contribution in [3.8, 4) is 11.1 Å². The third-order valence-electron chi connectivity index (χ3n) is 2.06. The topological polar surface area (TPSA) is 28.7 Å². The first-order valence-corrected chi connectivity index (χ1v) is 4.14. The van der Waals surface area contributed by atoms with E-state index in [0.29, 0.717) is 5.56 Å². The Morgan fingerprint density at radius 1 is 1.21 bits per heavy atom. The van der Waals surface area contributed by atoms with Crippen molar-refractivity contribution >= 4 is 0 Å². The summed E-state index contributed by atoms with van der Waals surface area (Å²) in [7, 11) is 0. The Kier molecular flexibility index (Phi) is 2.04. The maximum Gasteiger partial charge on any atom is 0.159 e. The van der Waals surface area contributed by atoms with E-state index in [0.717, 1.165) is 23.4 Å². The van der Waals surface area contributed by atoms with Gasteiger partial charge in [-0.1, -0.05) is 6.07 Å². The second-order valence-electron chi connectivity index (χ2n) is 3.04. The van der Waals surface area contributed by atoms with E-state index < -0.39 is 11.6 Å². The third-order valence-corrected chi connectivity index (χ3v) is 2.06. The van der Waals surface area contributed by atoms with Crippen LogP contribution in [0.5, 0.6) is 0 Å². The summed E-state index contributed by atoms with van der Waals surface area (Å²) in [6.45, 7) is 1.82. The van der Waals surface area contributed by atoms with Crippen LogP contribution < -0.4 is 0 Å². The van der Waals surface area contributed by atoms with E-state index in [2.05, 4.69) is 10.2 Å². The van der Waals surface area contributed by atoms with Crippen LogP contribution in [0.15, 0.2) is 24.4 Å². The number of aromatic amines is 1. The molecule has 0 amide bonds. The van der Waals surface area contributed by atoms with Crippen LogP contribution >= 0.6 is 0 Å². The van der Waals surface area contributed by atoms with Gasteiger partial charge in [0, 0.05) is 11.3 Å². The van der Waals surface area contributed by atoms with Crippen molar-refractivity contribution in [1.29, 1.82) is 0 Å². The summed E-state index contributed by atoms with van der Waals surface area (Å²) in [5.41, 5.74) is 2.23. The number of aryl methyl sites for hydroxylation is 1. The normalized spacial score (nSPS) is 10.5. The number of nitrogens with one attached hydrogen (secondary N) is 1. The Bertz CT molecular complexity index is 463. The van der Waals surface area contributed by atoms with Crippen LogP contribution in [0.2, 0.25) is 0 Å². The molecule has 72 valence electrons. The summed E-state index contributed by atoms with van der Waals surface area (Å²) >= 11 is 0. The molecule has 0 unspecified atom stereocenters.